The number of halogens is 2. The van der Waals surface area contributed by atoms with Gasteiger partial charge in [-0.1, -0.05) is 0 Å². The Morgan fingerprint density at radius 3 is 2.90 bits per heavy atom. The van der Waals surface area contributed by atoms with Crippen molar-refractivity contribution in [3.05, 3.63) is 58.4 Å². The van der Waals surface area contributed by atoms with Crippen molar-refractivity contribution >= 4 is 38.4 Å². The summed E-state index contributed by atoms with van der Waals surface area (Å²) in [4.78, 5) is 12.1. The fourth-order valence-electron chi connectivity index (χ4n) is 1.86. The van der Waals surface area contributed by atoms with Gasteiger partial charge in [0.25, 0.3) is 5.91 Å². The summed E-state index contributed by atoms with van der Waals surface area (Å²) < 4.78 is 13.4. The first-order chi connectivity index (χ1) is 9.63. The molecule has 0 aliphatic carbocycles. The minimum absolute atomic E-state index is 0.260. The largest absolute Gasteiger partial charge is 0.322 e. The summed E-state index contributed by atoms with van der Waals surface area (Å²) in [5.41, 5.74) is 1.93. The summed E-state index contributed by atoms with van der Waals surface area (Å²) in [6.07, 6.45) is 1.68. The molecule has 0 saturated heterocycles. The molecular weight excluding hydrogens is 325 g/mol. The monoisotopic (exact) mass is 333 g/mol. The second-order valence-corrected chi connectivity index (χ2v) is 5.11. The predicted molar refractivity (Wildman–Crippen MR) is 78.1 cm³/mol. The van der Waals surface area contributed by atoms with Crippen LogP contribution in [0.3, 0.4) is 0 Å². The van der Waals surface area contributed by atoms with E-state index >= 15 is 0 Å². The van der Waals surface area contributed by atoms with Crippen LogP contribution < -0.4 is 5.32 Å². The molecule has 0 unspecified atom stereocenters. The molecule has 0 saturated carbocycles. The molecule has 3 aromatic rings. The number of hydrogen-bond donors (Lipinski definition) is 2. The third-order valence-electron chi connectivity index (χ3n) is 2.88. The average molecular weight is 334 g/mol. The van der Waals surface area contributed by atoms with Crippen molar-refractivity contribution in [2.75, 3.05) is 5.32 Å². The van der Waals surface area contributed by atoms with Crippen LogP contribution in [0.4, 0.5) is 10.1 Å². The highest BCUT2D eigenvalue weighted by Crippen LogP contribution is 2.20. The third kappa shape index (κ3) is 2.42. The minimum atomic E-state index is -0.402. The maximum absolute atomic E-state index is 13.1. The Hall–Kier alpha value is -2.21. The Morgan fingerprint density at radius 1 is 1.25 bits per heavy atom. The predicted octanol–water partition coefficient (Wildman–Crippen LogP) is 3.72. The second-order valence-electron chi connectivity index (χ2n) is 4.26. The van der Waals surface area contributed by atoms with Crippen molar-refractivity contribution in [2.24, 2.45) is 0 Å². The molecule has 1 heterocycles. The molecule has 0 atom stereocenters. The molecule has 4 nitrogen and oxygen atoms in total. The molecule has 0 aliphatic heterocycles. The third-order valence-corrected chi connectivity index (χ3v) is 3.49. The molecule has 0 aliphatic rings. The normalized spacial score (nSPS) is 10.7. The molecule has 0 radical (unpaired) electrons. The van der Waals surface area contributed by atoms with Gasteiger partial charge < -0.3 is 5.32 Å². The highest BCUT2D eigenvalue weighted by atomic mass is 79.9. The fraction of sp³-hybridized carbons (Fsp3) is 0. The average Bonchev–Trinajstić information content (AvgIpc) is 2.89. The smallest absolute Gasteiger partial charge is 0.255 e. The Kier molecular flexibility index (Phi) is 3.23. The summed E-state index contributed by atoms with van der Waals surface area (Å²) in [6, 6.07) is 9.55. The number of carbonyl (C=O) groups excluding carboxylic acids is 1. The number of nitrogens with one attached hydrogen (secondary N) is 2. The number of amides is 1. The van der Waals surface area contributed by atoms with Crippen LogP contribution in [0.25, 0.3) is 10.9 Å². The Morgan fingerprint density at radius 2 is 2.10 bits per heavy atom. The van der Waals surface area contributed by atoms with Gasteiger partial charge in [-0.05, 0) is 52.3 Å². The number of aromatic nitrogens is 2. The van der Waals surface area contributed by atoms with Crippen LogP contribution in [-0.4, -0.2) is 16.1 Å². The molecule has 1 aromatic heterocycles. The van der Waals surface area contributed by atoms with Gasteiger partial charge in [0.1, 0.15) is 5.82 Å². The molecule has 2 N–H and O–H groups in total. The van der Waals surface area contributed by atoms with E-state index in [0.717, 1.165) is 10.9 Å². The lowest BCUT2D eigenvalue weighted by atomic mass is 10.2. The lowest BCUT2D eigenvalue weighted by molar-refractivity contribution is 0.102. The number of aromatic amines is 1. The second kappa shape index (κ2) is 5.05. The molecule has 0 fully saturated rings. The van der Waals surface area contributed by atoms with E-state index in [2.05, 4.69) is 31.4 Å². The van der Waals surface area contributed by atoms with Gasteiger partial charge in [0.15, 0.2) is 0 Å². The molecule has 0 spiro atoms. The van der Waals surface area contributed by atoms with Crippen LogP contribution in [0.15, 0.2) is 47.1 Å². The molecule has 20 heavy (non-hydrogen) atoms. The molecule has 2 aromatic carbocycles. The molecule has 6 heteroatoms. The summed E-state index contributed by atoms with van der Waals surface area (Å²) >= 11 is 3.06. The van der Waals surface area contributed by atoms with Gasteiger partial charge in [-0.15, -0.1) is 0 Å². The van der Waals surface area contributed by atoms with Crippen LogP contribution in [-0.2, 0) is 0 Å². The molecule has 1 amide bonds. The summed E-state index contributed by atoms with van der Waals surface area (Å²) in [5.74, 6) is -0.699. The van der Waals surface area contributed by atoms with Gasteiger partial charge in [0, 0.05) is 16.6 Å². The quantitative estimate of drug-likeness (QED) is 0.750. The van der Waals surface area contributed by atoms with E-state index in [9.17, 15) is 9.18 Å². The van der Waals surface area contributed by atoms with Gasteiger partial charge in [-0.25, -0.2) is 4.39 Å². The van der Waals surface area contributed by atoms with Crippen LogP contribution in [0.5, 0.6) is 0 Å². The van der Waals surface area contributed by atoms with Gasteiger partial charge in [-0.2, -0.15) is 5.10 Å². The SMILES string of the molecule is O=C(Nc1ccc2[nH]ncc2c1)c1ccc(F)c(Br)c1. The number of fused-ring (bicyclic) bond motifs is 1. The maximum Gasteiger partial charge on any atom is 0.255 e. The van der Waals surface area contributed by atoms with Gasteiger partial charge in [-0.3, -0.25) is 9.89 Å². The van der Waals surface area contributed by atoms with Gasteiger partial charge in [0.2, 0.25) is 0 Å². The first kappa shape index (κ1) is 12.8. The minimum Gasteiger partial charge on any atom is -0.322 e. The van der Waals surface area contributed by atoms with E-state index in [-0.39, 0.29) is 10.4 Å². The zero-order valence-electron chi connectivity index (χ0n) is 10.2. The van der Waals surface area contributed by atoms with Crippen LogP contribution >= 0.6 is 15.9 Å². The molecule has 0 bridgehead atoms. The van der Waals surface area contributed by atoms with E-state index in [1.165, 1.54) is 18.2 Å². The lowest BCUT2D eigenvalue weighted by Gasteiger charge is -2.06. The maximum atomic E-state index is 13.1. The van der Waals surface area contributed by atoms with E-state index < -0.39 is 5.82 Å². The van der Waals surface area contributed by atoms with Crippen molar-refractivity contribution in [3.8, 4) is 0 Å². The standard InChI is InChI=1S/C14H9BrFN3O/c15-11-6-8(1-3-12(11)16)14(20)18-10-2-4-13-9(5-10)7-17-19-13/h1-7H,(H,17,19)(H,18,20). The highest BCUT2D eigenvalue weighted by Gasteiger charge is 2.09. The van der Waals surface area contributed by atoms with Gasteiger partial charge in [0.05, 0.1) is 16.2 Å². The zero-order chi connectivity index (χ0) is 14.1. The van der Waals surface area contributed by atoms with E-state index in [4.69, 9.17) is 0 Å². The Balaban J connectivity index is 1.85. The zero-order valence-corrected chi connectivity index (χ0v) is 11.7. The van der Waals surface area contributed by atoms with E-state index in [1.807, 2.05) is 12.1 Å². The van der Waals surface area contributed by atoms with Crippen LogP contribution in [0, 0.1) is 5.82 Å². The number of nitrogens with zero attached hydrogens (tertiary/aromatic N) is 1. The van der Waals surface area contributed by atoms with Crippen molar-refractivity contribution in [3.63, 3.8) is 0 Å². The number of H-pyrrole nitrogens is 1. The fourth-order valence-corrected chi connectivity index (χ4v) is 2.24. The van der Waals surface area contributed by atoms with Crippen molar-refractivity contribution in [1.29, 1.82) is 0 Å². The van der Waals surface area contributed by atoms with E-state index in [0.29, 0.717) is 11.3 Å². The number of hydrogen-bond acceptors (Lipinski definition) is 2. The van der Waals surface area contributed by atoms with Gasteiger partial charge >= 0.3 is 0 Å². The number of anilines is 1. The number of benzene rings is 2. The summed E-state index contributed by atoms with van der Waals surface area (Å²) in [5, 5.41) is 10.4. The lowest BCUT2D eigenvalue weighted by Crippen LogP contribution is -2.11. The summed E-state index contributed by atoms with van der Waals surface area (Å²) in [6.45, 7) is 0. The number of rotatable bonds is 2. The Labute approximate surface area is 122 Å². The molecular formula is C14H9BrFN3O. The number of carbonyl (C=O) groups is 1. The molecule has 100 valence electrons. The van der Waals surface area contributed by atoms with Crippen molar-refractivity contribution in [1.82, 2.24) is 10.2 Å². The van der Waals surface area contributed by atoms with E-state index in [1.54, 1.807) is 12.3 Å². The van der Waals surface area contributed by atoms with Crippen molar-refractivity contribution in [2.45, 2.75) is 0 Å². The topological polar surface area (TPSA) is 57.8 Å². The summed E-state index contributed by atoms with van der Waals surface area (Å²) in [7, 11) is 0. The first-order valence-corrected chi connectivity index (χ1v) is 6.62. The van der Waals surface area contributed by atoms with Crippen molar-refractivity contribution < 1.29 is 9.18 Å². The highest BCUT2D eigenvalue weighted by molar-refractivity contribution is 9.10. The Bertz CT molecular complexity index is 800. The van der Waals surface area contributed by atoms with Crippen LogP contribution in [0.1, 0.15) is 10.4 Å². The molecule has 3 rings (SSSR count). The van der Waals surface area contributed by atoms with Crippen LogP contribution in [0.2, 0.25) is 0 Å². The first-order valence-electron chi connectivity index (χ1n) is 5.83.